The normalized spacial score (nSPS) is 5.50. The summed E-state index contributed by atoms with van der Waals surface area (Å²) in [6.07, 6.45) is 0. The van der Waals surface area contributed by atoms with Crippen molar-refractivity contribution < 1.29 is 22.7 Å². The third-order valence-corrected chi connectivity index (χ3v) is 0.287. The van der Waals surface area contributed by atoms with Gasteiger partial charge >= 0.3 is 46.4 Å². The molecule has 0 N–H and O–H groups in total. The van der Waals surface area contributed by atoms with Gasteiger partial charge in [-0.05, 0) is 0 Å². The fourth-order valence-corrected chi connectivity index (χ4v) is 0. The Kier molecular flexibility index (Phi) is 16.1. The van der Waals surface area contributed by atoms with E-state index in [1.54, 1.807) is 0 Å². The van der Waals surface area contributed by atoms with Crippen LogP contribution in [0.1, 0.15) is 6.92 Å². The summed E-state index contributed by atoms with van der Waals surface area (Å²) < 4.78 is 4.11. The van der Waals surface area contributed by atoms with E-state index >= 15 is 0 Å². The molecule has 0 unspecified atom stereocenters. The van der Waals surface area contributed by atoms with Crippen molar-refractivity contribution in [2.45, 2.75) is 6.92 Å². The standard InChI is InChI=1S/C3H6O2.2BrH.Zn/c1-3(4)5-2;;;/h1-2H3;2*1H;/q;;;+2/p-2. The van der Waals surface area contributed by atoms with Crippen LogP contribution < -0.4 is 0 Å². The zero-order valence-electron chi connectivity index (χ0n) is 4.78. The molecule has 0 aromatic rings. The average molecular weight is 299 g/mol. The molecule has 0 aliphatic heterocycles. The summed E-state index contributed by atoms with van der Waals surface area (Å²) in [7, 11) is 1.35. The van der Waals surface area contributed by atoms with Crippen molar-refractivity contribution in [2.75, 3.05) is 7.11 Å². The number of methoxy groups -OCH3 is 1. The van der Waals surface area contributed by atoms with Gasteiger partial charge in [-0.2, -0.15) is 0 Å². The van der Waals surface area contributed by atoms with Gasteiger partial charge in [-0.25, -0.2) is 0 Å². The average Bonchev–Trinajstić information content (AvgIpc) is 1.69. The quantitative estimate of drug-likeness (QED) is 0.504. The maximum absolute atomic E-state index is 9.59. The van der Waals surface area contributed by atoms with Crippen LogP contribution in [0.5, 0.6) is 0 Å². The van der Waals surface area contributed by atoms with Crippen LogP contribution in [-0.4, -0.2) is 13.1 Å². The summed E-state index contributed by atoms with van der Waals surface area (Å²) >= 11 is 6.25. The first kappa shape index (κ1) is 11.8. The molecule has 0 saturated heterocycles. The number of rotatable bonds is 0. The fraction of sp³-hybridized carbons (Fsp3) is 0.667. The van der Waals surface area contributed by atoms with Crippen LogP contribution in [0, 0.1) is 0 Å². The minimum atomic E-state index is -0.250. The fourth-order valence-electron chi connectivity index (χ4n) is 0. The second kappa shape index (κ2) is 10.9. The van der Waals surface area contributed by atoms with E-state index in [4.69, 9.17) is 0 Å². The zero-order chi connectivity index (χ0) is 6.99. The van der Waals surface area contributed by atoms with Crippen LogP contribution in [0.2, 0.25) is 0 Å². The number of hydrogen-bond acceptors (Lipinski definition) is 2. The number of carbonyl (C=O) groups excluding carboxylic acids is 1. The van der Waals surface area contributed by atoms with Gasteiger partial charge in [-0.3, -0.25) is 4.79 Å². The maximum atomic E-state index is 9.59. The Morgan fingerprint density at radius 3 is 1.75 bits per heavy atom. The summed E-state index contributed by atoms with van der Waals surface area (Å²) in [6.45, 7) is 1.36. The molecule has 0 aliphatic carbocycles. The first-order valence-electron chi connectivity index (χ1n) is 1.85. The first-order valence-corrected chi connectivity index (χ1v) is 15.7. The molecule has 0 bridgehead atoms. The van der Waals surface area contributed by atoms with Crippen LogP contribution in [0.15, 0.2) is 0 Å². The van der Waals surface area contributed by atoms with Crippen LogP contribution in [-0.2, 0) is 22.7 Å². The van der Waals surface area contributed by atoms with Crippen molar-refractivity contribution in [3.63, 3.8) is 0 Å². The summed E-state index contributed by atoms with van der Waals surface area (Å²) in [5, 5.41) is 0. The second-order valence-electron chi connectivity index (χ2n) is 0.797. The van der Waals surface area contributed by atoms with Crippen molar-refractivity contribution in [1.82, 2.24) is 0 Å². The Morgan fingerprint density at radius 1 is 1.62 bits per heavy atom. The summed E-state index contributed by atoms with van der Waals surface area (Å²) in [5.41, 5.74) is 0. The van der Waals surface area contributed by atoms with E-state index in [1.807, 2.05) is 0 Å². The molecule has 5 heteroatoms. The molecule has 0 aromatic heterocycles. The third-order valence-electron chi connectivity index (χ3n) is 0.287. The predicted molar refractivity (Wildman–Crippen MR) is 35.5 cm³/mol. The number of hydrogen-bond donors (Lipinski definition) is 0. The molecule has 0 fully saturated rings. The summed E-state index contributed by atoms with van der Waals surface area (Å²) in [6, 6.07) is 0. The van der Waals surface area contributed by atoms with Crippen LogP contribution in [0.4, 0.5) is 0 Å². The van der Waals surface area contributed by atoms with Crippen LogP contribution >= 0.6 is 27.2 Å². The van der Waals surface area contributed by atoms with Crippen molar-refractivity contribution >= 4 is 33.2 Å². The van der Waals surface area contributed by atoms with E-state index in [9.17, 15) is 4.79 Å². The van der Waals surface area contributed by atoms with E-state index in [2.05, 4.69) is 32.0 Å². The summed E-state index contributed by atoms with van der Waals surface area (Å²) in [5.74, 6) is -0.245. The molecule has 2 nitrogen and oxygen atoms in total. The van der Waals surface area contributed by atoms with Crippen molar-refractivity contribution in [1.29, 1.82) is 0 Å². The first-order chi connectivity index (χ1) is 3.68. The monoisotopic (exact) mass is 296 g/mol. The van der Waals surface area contributed by atoms with Gasteiger partial charge in [0.25, 0.3) is 0 Å². The molecule has 0 saturated carbocycles. The Balaban J connectivity index is 0. The minimum absolute atomic E-state index is 0.245. The molecular weight excluding hydrogens is 293 g/mol. The number of halogens is 2. The van der Waals surface area contributed by atoms with Gasteiger partial charge in [-0.1, -0.05) is 0 Å². The number of carbonyl (C=O) groups is 1. The zero-order valence-corrected chi connectivity index (χ0v) is 10.9. The van der Waals surface area contributed by atoms with E-state index in [-0.39, 0.29) is 19.2 Å². The molecular formula is C3H6Br2O2Zn. The van der Waals surface area contributed by atoms with E-state index in [1.165, 1.54) is 14.0 Å². The molecule has 0 aromatic carbocycles. The van der Waals surface area contributed by atoms with Gasteiger partial charge in [-0.15, -0.1) is 0 Å². The Labute approximate surface area is 69.7 Å². The van der Waals surface area contributed by atoms with Gasteiger partial charge in [0, 0.05) is 6.92 Å². The van der Waals surface area contributed by atoms with E-state index in [0.29, 0.717) is 0 Å². The molecule has 0 spiro atoms. The van der Waals surface area contributed by atoms with E-state index < -0.39 is 0 Å². The molecule has 0 atom stereocenters. The van der Waals surface area contributed by atoms with Crippen molar-refractivity contribution in [3.8, 4) is 0 Å². The van der Waals surface area contributed by atoms with Gasteiger partial charge in [0.1, 0.15) is 0 Å². The molecule has 8 heavy (non-hydrogen) atoms. The molecule has 0 amide bonds. The number of ether oxygens (including phenoxy) is 1. The summed E-state index contributed by atoms with van der Waals surface area (Å²) in [4.78, 5) is 9.59. The van der Waals surface area contributed by atoms with Gasteiger partial charge in [0.05, 0.1) is 7.11 Å². The van der Waals surface area contributed by atoms with Crippen LogP contribution in [0.25, 0.3) is 0 Å². The molecule has 0 heterocycles. The Hall–Kier alpha value is 1.05. The van der Waals surface area contributed by atoms with E-state index in [0.717, 1.165) is 0 Å². The third kappa shape index (κ3) is 27.7. The van der Waals surface area contributed by atoms with Crippen molar-refractivity contribution in [3.05, 3.63) is 0 Å². The SMILES string of the molecule is COC(C)=O.[Br][Zn][Br]. The molecule has 0 aliphatic rings. The molecule has 0 radical (unpaired) electrons. The predicted octanol–water partition coefficient (Wildman–Crippen LogP) is 1.87. The van der Waals surface area contributed by atoms with Gasteiger partial charge < -0.3 is 4.74 Å². The molecule has 0 rings (SSSR count). The molecule has 46 valence electrons. The second-order valence-corrected chi connectivity index (χ2v) is 14.9. The van der Waals surface area contributed by atoms with Crippen molar-refractivity contribution in [2.24, 2.45) is 0 Å². The van der Waals surface area contributed by atoms with Crippen LogP contribution in [0.3, 0.4) is 0 Å². The topological polar surface area (TPSA) is 26.3 Å². The Morgan fingerprint density at radius 2 is 1.75 bits per heavy atom. The van der Waals surface area contributed by atoms with Gasteiger partial charge in [0.15, 0.2) is 0 Å². The Bertz CT molecular complexity index is 59.2. The van der Waals surface area contributed by atoms with Gasteiger partial charge in [0.2, 0.25) is 0 Å². The number of esters is 1.